The van der Waals surface area contributed by atoms with Crippen LogP contribution in [0.3, 0.4) is 0 Å². The molecule has 1 aliphatic rings. The summed E-state index contributed by atoms with van der Waals surface area (Å²) in [4.78, 5) is 43.3. The van der Waals surface area contributed by atoms with Gasteiger partial charge in [0.15, 0.2) is 12.2 Å². The Morgan fingerprint density at radius 2 is 1.83 bits per heavy atom. The molecule has 0 aliphatic carbocycles. The van der Waals surface area contributed by atoms with Gasteiger partial charge in [0.1, 0.15) is 24.2 Å². The molecule has 0 radical (unpaired) electrons. The Morgan fingerprint density at radius 3 is 2.38 bits per heavy atom. The maximum atomic E-state index is 11.7. The monoisotopic (exact) mass is 444 g/mol. The van der Waals surface area contributed by atoms with Crippen LogP contribution in [0.5, 0.6) is 0 Å². The second kappa shape index (κ2) is 10.6. The largest absolute Gasteiger partial charge is 0.463 e. The standard InChI is InChI=1S/C18H21ClN2O7S/c1-9(22)25-8-14-16(26-10(2)23)15(20-4)17(27-11(3)24)18(28-14)29-13-5-12(19)6-21-7-13/h5-7,14-18H,4,8H2,1-3H3/t14?,15?,16-,17?,18+/m0/s1. The van der Waals surface area contributed by atoms with Gasteiger partial charge in [0, 0.05) is 38.1 Å². The van der Waals surface area contributed by atoms with Crippen molar-refractivity contribution in [3.05, 3.63) is 23.5 Å². The molecule has 11 heteroatoms. The molecule has 9 nitrogen and oxygen atoms in total. The van der Waals surface area contributed by atoms with Gasteiger partial charge in [0.2, 0.25) is 0 Å². The van der Waals surface area contributed by atoms with Gasteiger partial charge >= 0.3 is 17.9 Å². The van der Waals surface area contributed by atoms with Gasteiger partial charge in [-0.15, -0.1) is 0 Å². The van der Waals surface area contributed by atoms with E-state index in [2.05, 4.69) is 16.7 Å². The summed E-state index contributed by atoms with van der Waals surface area (Å²) in [6.45, 7) is 7.08. The molecule has 3 unspecified atom stereocenters. The van der Waals surface area contributed by atoms with Crippen LogP contribution in [0.4, 0.5) is 0 Å². The average molecular weight is 445 g/mol. The number of thioether (sulfide) groups is 1. The lowest BCUT2D eigenvalue weighted by molar-refractivity contribution is -0.200. The number of nitrogens with zero attached hydrogens (tertiary/aromatic N) is 2. The van der Waals surface area contributed by atoms with Gasteiger partial charge in [0.05, 0.1) is 5.02 Å². The fraction of sp³-hybridized carbons (Fsp3) is 0.500. The molecule has 158 valence electrons. The number of esters is 3. The molecule has 1 aromatic heterocycles. The number of hydrogen-bond donors (Lipinski definition) is 0. The van der Waals surface area contributed by atoms with Crippen molar-refractivity contribution in [1.82, 2.24) is 4.98 Å². The topological polar surface area (TPSA) is 113 Å². The maximum absolute atomic E-state index is 11.7. The number of pyridine rings is 1. The predicted octanol–water partition coefficient (Wildman–Crippen LogP) is 2.05. The van der Waals surface area contributed by atoms with Gasteiger partial charge in [-0.05, 0) is 12.8 Å². The summed E-state index contributed by atoms with van der Waals surface area (Å²) in [6.07, 6.45) is 0.302. The highest BCUT2D eigenvalue weighted by Crippen LogP contribution is 2.37. The highest BCUT2D eigenvalue weighted by atomic mass is 35.5. The summed E-state index contributed by atoms with van der Waals surface area (Å²) < 4.78 is 21.8. The number of hydrogen-bond acceptors (Lipinski definition) is 10. The second-order valence-electron chi connectivity index (χ2n) is 6.12. The number of ether oxygens (including phenoxy) is 4. The summed E-state index contributed by atoms with van der Waals surface area (Å²) in [5.41, 5.74) is -0.776. The van der Waals surface area contributed by atoms with Crippen LogP contribution in [0.2, 0.25) is 5.02 Å². The first kappa shape index (κ1) is 23.1. The van der Waals surface area contributed by atoms with Crippen LogP contribution in [-0.2, 0) is 33.3 Å². The first-order chi connectivity index (χ1) is 13.7. The van der Waals surface area contributed by atoms with Gasteiger partial charge < -0.3 is 18.9 Å². The normalized spacial score (nSPS) is 26.3. The summed E-state index contributed by atoms with van der Waals surface area (Å²) in [5, 5.41) is 0.419. The Hall–Kier alpha value is -2.17. The van der Waals surface area contributed by atoms with E-state index in [1.807, 2.05) is 0 Å². The van der Waals surface area contributed by atoms with Crippen molar-refractivity contribution in [2.75, 3.05) is 6.61 Å². The van der Waals surface area contributed by atoms with Gasteiger partial charge in [-0.25, -0.2) is 0 Å². The number of carbonyl (C=O) groups is 3. The molecule has 0 bridgehead atoms. The van der Waals surface area contributed by atoms with Gasteiger partial charge in [-0.3, -0.25) is 24.4 Å². The summed E-state index contributed by atoms with van der Waals surface area (Å²) in [5.74, 6) is -1.68. The van der Waals surface area contributed by atoms with Crippen LogP contribution in [0.1, 0.15) is 20.8 Å². The van der Waals surface area contributed by atoms with Gasteiger partial charge in [-0.2, -0.15) is 0 Å². The Balaban J connectivity index is 2.37. The first-order valence-electron chi connectivity index (χ1n) is 8.57. The van der Waals surface area contributed by atoms with E-state index in [-0.39, 0.29) is 6.61 Å². The van der Waals surface area contributed by atoms with Crippen molar-refractivity contribution < 1.29 is 33.3 Å². The molecular weight excluding hydrogens is 424 g/mol. The third-order valence-corrected chi connectivity index (χ3v) is 5.13. The van der Waals surface area contributed by atoms with Crippen molar-refractivity contribution in [3.8, 4) is 0 Å². The molecule has 0 aromatic carbocycles. The molecule has 0 amide bonds. The molecule has 2 rings (SSSR count). The number of aliphatic imine (C=N–C) groups is 1. The lowest BCUT2D eigenvalue weighted by Gasteiger charge is -2.43. The third-order valence-electron chi connectivity index (χ3n) is 3.81. The summed E-state index contributed by atoms with van der Waals surface area (Å²) >= 11 is 7.18. The Morgan fingerprint density at radius 1 is 1.17 bits per heavy atom. The number of aromatic nitrogens is 1. The van der Waals surface area contributed by atoms with Crippen LogP contribution in [0.15, 0.2) is 28.3 Å². The first-order valence-corrected chi connectivity index (χ1v) is 9.83. The van der Waals surface area contributed by atoms with Crippen LogP contribution in [-0.4, -0.2) is 66.0 Å². The zero-order valence-electron chi connectivity index (χ0n) is 16.1. The van der Waals surface area contributed by atoms with Crippen molar-refractivity contribution in [1.29, 1.82) is 0 Å². The molecule has 0 spiro atoms. The molecule has 0 N–H and O–H groups in total. The lowest BCUT2D eigenvalue weighted by Crippen LogP contribution is -2.59. The van der Waals surface area contributed by atoms with E-state index < -0.39 is 47.7 Å². The zero-order valence-corrected chi connectivity index (χ0v) is 17.6. The van der Waals surface area contributed by atoms with E-state index in [9.17, 15) is 14.4 Å². The molecular formula is C18H21ClN2O7S. The molecule has 1 fully saturated rings. The van der Waals surface area contributed by atoms with E-state index in [1.54, 1.807) is 12.3 Å². The van der Waals surface area contributed by atoms with Crippen molar-refractivity contribution in [2.45, 2.75) is 55.5 Å². The second-order valence-corrected chi connectivity index (χ2v) is 7.73. The Bertz CT molecular complexity index is 778. The summed E-state index contributed by atoms with van der Waals surface area (Å²) in [6, 6.07) is 0.824. The minimum Gasteiger partial charge on any atom is -0.463 e. The minimum absolute atomic E-state index is 0.184. The highest BCUT2D eigenvalue weighted by Gasteiger charge is 2.50. The SMILES string of the molecule is C=NC1C(OC(C)=O)[C@@H](Sc2cncc(Cl)c2)OC(COC(C)=O)[C@@H]1OC(C)=O. The molecule has 5 atom stereocenters. The van der Waals surface area contributed by atoms with E-state index >= 15 is 0 Å². The van der Waals surface area contributed by atoms with Crippen molar-refractivity contribution in [2.24, 2.45) is 4.99 Å². The van der Waals surface area contributed by atoms with E-state index in [1.165, 1.54) is 38.7 Å². The van der Waals surface area contributed by atoms with Crippen LogP contribution < -0.4 is 0 Å². The Labute approximate surface area is 177 Å². The predicted molar refractivity (Wildman–Crippen MR) is 105 cm³/mol. The fourth-order valence-corrected chi connectivity index (χ4v) is 4.15. The summed E-state index contributed by atoms with van der Waals surface area (Å²) in [7, 11) is 0. The lowest BCUT2D eigenvalue weighted by atomic mass is 9.97. The van der Waals surface area contributed by atoms with Crippen molar-refractivity contribution >= 4 is 48.0 Å². The molecule has 0 saturated carbocycles. The van der Waals surface area contributed by atoms with Gasteiger partial charge in [-0.1, -0.05) is 23.4 Å². The average Bonchev–Trinajstić information content (AvgIpc) is 2.62. The number of carbonyl (C=O) groups excluding carboxylic acids is 3. The molecule has 1 aliphatic heterocycles. The Kier molecular flexibility index (Phi) is 8.42. The molecule has 29 heavy (non-hydrogen) atoms. The molecule has 1 saturated heterocycles. The van der Waals surface area contributed by atoms with E-state index in [4.69, 9.17) is 30.5 Å². The fourth-order valence-electron chi connectivity index (χ4n) is 2.78. The van der Waals surface area contributed by atoms with Crippen molar-refractivity contribution in [3.63, 3.8) is 0 Å². The zero-order chi connectivity index (χ0) is 21.6. The number of halogens is 1. The third kappa shape index (κ3) is 6.69. The maximum Gasteiger partial charge on any atom is 0.303 e. The van der Waals surface area contributed by atoms with Crippen LogP contribution in [0, 0.1) is 0 Å². The number of rotatable bonds is 7. The van der Waals surface area contributed by atoms with Crippen LogP contribution >= 0.6 is 23.4 Å². The smallest absolute Gasteiger partial charge is 0.303 e. The quantitative estimate of drug-likeness (QED) is 0.354. The molecule has 1 aromatic rings. The highest BCUT2D eigenvalue weighted by molar-refractivity contribution is 7.99. The minimum atomic E-state index is -0.969. The molecule has 2 heterocycles. The van der Waals surface area contributed by atoms with E-state index in [0.29, 0.717) is 9.92 Å². The van der Waals surface area contributed by atoms with Gasteiger partial charge in [0.25, 0.3) is 0 Å². The van der Waals surface area contributed by atoms with E-state index in [0.717, 1.165) is 0 Å². The van der Waals surface area contributed by atoms with Crippen LogP contribution in [0.25, 0.3) is 0 Å².